The molecule has 1 aliphatic carbocycles. The highest BCUT2D eigenvalue weighted by atomic mass is 32.2. The molecule has 1 aliphatic rings. The summed E-state index contributed by atoms with van der Waals surface area (Å²) in [7, 11) is -1.07. The standard InChI is InChI=1S/C16H21N3OS/c1-12-10-13(17)6-7-16(12)21(20)11-14-8-9-19(18-14)15-4-2-3-5-15/h6-10,15H,2-5,11,17H2,1H3. The van der Waals surface area contributed by atoms with Gasteiger partial charge in [-0.15, -0.1) is 0 Å². The summed E-state index contributed by atoms with van der Waals surface area (Å²) in [5, 5.41) is 4.60. The van der Waals surface area contributed by atoms with Crippen molar-refractivity contribution in [3.05, 3.63) is 41.7 Å². The molecule has 1 aromatic heterocycles. The van der Waals surface area contributed by atoms with E-state index in [-0.39, 0.29) is 0 Å². The van der Waals surface area contributed by atoms with Gasteiger partial charge in [-0.3, -0.25) is 8.89 Å². The topological polar surface area (TPSA) is 60.9 Å². The van der Waals surface area contributed by atoms with E-state index < -0.39 is 10.8 Å². The van der Waals surface area contributed by atoms with E-state index in [9.17, 15) is 4.21 Å². The van der Waals surface area contributed by atoms with Crippen molar-refractivity contribution in [3.8, 4) is 0 Å². The largest absolute Gasteiger partial charge is 0.399 e. The molecule has 0 spiro atoms. The highest BCUT2D eigenvalue weighted by Crippen LogP contribution is 2.29. The number of rotatable bonds is 4. The van der Waals surface area contributed by atoms with Gasteiger partial charge in [0.05, 0.1) is 28.3 Å². The van der Waals surface area contributed by atoms with E-state index in [2.05, 4.69) is 9.78 Å². The monoisotopic (exact) mass is 303 g/mol. The van der Waals surface area contributed by atoms with E-state index in [0.717, 1.165) is 16.2 Å². The Labute approximate surface area is 127 Å². The van der Waals surface area contributed by atoms with Crippen molar-refractivity contribution in [1.29, 1.82) is 0 Å². The van der Waals surface area contributed by atoms with Crippen molar-refractivity contribution in [1.82, 2.24) is 9.78 Å². The zero-order chi connectivity index (χ0) is 14.8. The number of nitrogen functional groups attached to an aromatic ring is 1. The summed E-state index contributed by atoms with van der Waals surface area (Å²) in [5.74, 6) is 0.463. The third-order valence-electron chi connectivity index (χ3n) is 4.09. The van der Waals surface area contributed by atoms with Gasteiger partial charge in [0.2, 0.25) is 0 Å². The first-order chi connectivity index (χ1) is 10.1. The second-order valence-corrected chi connectivity index (χ2v) is 7.16. The van der Waals surface area contributed by atoms with Crippen LogP contribution in [-0.2, 0) is 16.6 Å². The molecule has 4 nitrogen and oxygen atoms in total. The van der Waals surface area contributed by atoms with Crippen molar-refractivity contribution >= 4 is 16.5 Å². The lowest BCUT2D eigenvalue weighted by molar-refractivity contribution is 0.464. The van der Waals surface area contributed by atoms with Crippen LogP contribution in [0.3, 0.4) is 0 Å². The molecule has 112 valence electrons. The van der Waals surface area contributed by atoms with Gasteiger partial charge in [-0.05, 0) is 49.6 Å². The number of benzene rings is 1. The third kappa shape index (κ3) is 3.18. The van der Waals surface area contributed by atoms with E-state index in [4.69, 9.17) is 5.73 Å². The van der Waals surface area contributed by atoms with Crippen molar-refractivity contribution in [2.75, 3.05) is 5.73 Å². The number of anilines is 1. The summed E-state index contributed by atoms with van der Waals surface area (Å²) in [5.41, 5.74) is 8.32. The minimum absolute atomic E-state index is 0.463. The highest BCUT2D eigenvalue weighted by Gasteiger charge is 2.18. The normalized spacial score (nSPS) is 17.2. The summed E-state index contributed by atoms with van der Waals surface area (Å²) < 4.78 is 14.5. The van der Waals surface area contributed by atoms with Gasteiger partial charge in [-0.2, -0.15) is 5.10 Å². The molecule has 5 heteroatoms. The number of hydrogen-bond donors (Lipinski definition) is 1. The molecule has 1 unspecified atom stereocenters. The number of nitrogens with two attached hydrogens (primary N) is 1. The van der Waals surface area contributed by atoms with Crippen LogP contribution in [0.4, 0.5) is 5.69 Å². The number of aryl methyl sites for hydroxylation is 1. The molecule has 1 saturated carbocycles. The maximum atomic E-state index is 12.5. The van der Waals surface area contributed by atoms with Gasteiger partial charge in [0, 0.05) is 16.8 Å². The SMILES string of the molecule is Cc1cc(N)ccc1S(=O)Cc1ccn(C2CCCC2)n1. The summed E-state index contributed by atoms with van der Waals surface area (Å²) in [4.78, 5) is 0.847. The van der Waals surface area contributed by atoms with Gasteiger partial charge in [0.1, 0.15) is 0 Å². The first-order valence-corrected chi connectivity index (χ1v) is 8.74. The van der Waals surface area contributed by atoms with Crippen LogP contribution in [0.2, 0.25) is 0 Å². The van der Waals surface area contributed by atoms with Crippen LogP contribution >= 0.6 is 0 Å². The molecule has 1 fully saturated rings. The Morgan fingerprint density at radius 2 is 2.10 bits per heavy atom. The molecule has 21 heavy (non-hydrogen) atoms. The fraction of sp³-hybridized carbons (Fsp3) is 0.438. The van der Waals surface area contributed by atoms with Crippen LogP contribution in [0.15, 0.2) is 35.4 Å². The average molecular weight is 303 g/mol. The summed E-state index contributed by atoms with van der Waals surface area (Å²) in [6, 6.07) is 8.05. The van der Waals surface area contributed by atoms with Gasteiger partial charge in [0.15, 0.2) is 0 Å². The predicted octanol–water partition coefficient (Wildman–Crippen LogP) is 3.20. The van der Waals surface area contributed by atoms with Crippen LogP contribution in [-0.4, -0.2) is 14.0 Å². The lowest BCUT2D eigenvalue weighted by Crippen LogP contribution is -2.06. The summed E-state index contributed by atoms with van der Waals surface area (Å²) in [6.45, 7) is 1.95. The molecule has 0 bridgehead atoms. The summed E-state index contributed by atoms with van der Waals surface area (Å²) >= 11 is 0. The van der Waals surface area contributed by atoms with Crippen molar-refractivity contribution in [2.24, 2.45) is 0 Å². The Kier molecular flexibility index (Phi) is 4.10. The molecule has 2 N–H and O–H groups in total. The smallest absolute Gasteiger partial charge is 0.0753 e. The van der Waals surface area contributed by atoms with Gasteiger partial charge < -0.3 is 5.73 Å². The quantitative estimate of drug-likeness (QED) is 0.882. The second kappa shape index (κ2) is 6.02. The fourth-order valence-corrected chi connectivity index (χ4v) is 4.18. The third-order valence-corrected chi connectivity index (χ3v) is 5.59. The zero-order valence-electron chi connectivity index (χ0n) is 12.3. The zero-order valence-corrected chi connectivity index (χ0v) is 13.1. The molecular formula is C16H21N3OS. The molecule has 1 heterocycles. The first-order valence-electron chi connectivity index (χ1n) is 7.42. The first kappa shape index (κ1) is 14.3. The van der Waals surface area contributed by atoms with Crippen LogP contribution in [0.25, 0.3) is 0 Å². The Hall–Kier alpha value is -1.62. The minimum Gasteiger partial charge on any atom is -0.399 e. The van der Waals surface area contributed by atoms with Crippen LogP contribution in [0, 0.1) is 6.92 Å². The molecule has 0 radical (unpaired) electrons. The lowest BCUT2D eigenvalue weighted by atomic mass is 10.2. The van der Waals surface area contributed by atoms with Crippen molar-refractivity contribution < 1.29 is 4.21 Å². The number of aromatic nitrogens is 2. The Bertz CT molecular complexity index is 659. The molecule has 0 saturated heterocycles. The van der Waals surface area contributed by atoms with Gasteiger partial charge in [-0.1, -0.05) is 12.8 Å². The average Bonchev–Trinajstić information content (AvgIpc) is 3.08. The van der Waals surface area contributed by atoms with Crippen LogP contribution in [0.5, 0.6) is 0 Å². The Balaban J connectivity index is 1.72. The lowest BCUT2D eigenvalue weighted by Gasteiger charge is -2.09. The Morgan fingerprint density at radius 1 is 1.33 bits per heavy atom. The van der Waals surface area contributed by atoms with Crippen LogP contribution < -0.4 is 5.73 Å². The van der Waals surface area contributed by atoms with E-state index in [1.807, 2.05) is 31.3 Å². The highest BCUT2D eigenvalue weighted by molar-refractivity contribution is 7.84. The Morgan fingerprint density at radius 3 is 2.81 bits per heavy atom. The molecule has 0 amide bonds. The maximum absolute atomic E-state index is 12.5. The molecule has 3 rings (SSSR count). The molecule has 0 aliphatic heterocycles. The van der Waals surface area contributed by atoms with Gasteiger partial charge in [-0.25, -0.2) is 0 Å². The minimum atomic E-state index is -1.07. The van der Waals surface area contributed by atoms with Crippen molar-refractivity contribution in [3.63, 3.8) is 0 Å². The van der Waals surface area contributed by atoms with Gasteiger partial charge >= 0.3 is 0 Å². The van der Waals surface area contributed by atoms with Crippen LogP contribution in [0.1, 0.15) is 43.0 Å². The fourth-order valence-electron chi connectivity index (χ4n) is 2.97. The molecule has 1 atom stereocenters. The summed E-state index contributed by atoms with van der Waals surface area (Å²) in [6.07, 6.45) is 7.02. The van der Waals surface area contributed by atoms with E-state index in [1.54, 1.807) is 6.07 Å². The molecular weight excluding hydrogens is 282 g/mol. The predicted molar refractivity (Wildman–Crippen MR) is 85.4 cm³/mol. The second-order valence-electron chi connectivity index (χ2n) is 5.74. The molecule has 1 aromatic carbocycles. The number of hydrogen-bond acceptors (Lipinski definition) is 3. The van der Waals surface area contributed by atoms with E-state index in [0.29, 0.717) is 17.5 Å². The molecule has 2 aromatic rings. The van der Waals surface area contributed by atoms with E-state index in [1.165, 1.54) is 25.7 Å². The number of nitrogens with zero attached hydrogens (tertiary/aromatic N) is 2. The maximum Gasteiger partial charge on any atom is 0.0753 e. The van der Waals surface area contributed by atoms with Crippen molar-refractivity contribution in [2.45, 2.75) is 49.3 Å². The van der Waals surface area contributed by atoms with Gasteiger partial charge in [0.25, 0.3) is 0 Å². The van der Waals surface area contributed by atoms with E-state index >= 15 is 0 Å².